The predicted molar refractivity (Wildman–Crippen MR) is 111 cm³/mol. The summed E-state index contributed by atoms with van der Waals surface area (Å²) in [6, 6.07) is 21.4. The lowest BCUT2D eigenvalue weighted by Gasteiger charge is -2.17. The molecular formula is C23H19NO3S. The number of aromatic nitrogens is 1. The van der Waals surface area contributed by atoms with Crippen LogP contribution in [0.25, 0.3) is 10.9 Å². The highest BCUT2D eigenvalue weighted by Gasteiger charge is 2.21. The molecule has 4 nitrogen and oxygen atoms in total. The van der Waals surface area contributed by atoms with Crippen molar-refractivity contribution in [3.8, 4) is 5.75 Å². The van der Waals surface area contributed by atoms with Crippen LogP contribution in [-0.2, 0) is 0 Å². The number of thioether (sulfide) groups is 1. The summed E-state index contributed by atoms with van der Waals surface area (Å²) in [5, 5.41) is 1.01. The fraction of sp³-hybridized carbons (Fsp3) is 0.130. The molecule has 0 bridgehead atoms. The zero-order chi connectivity index (χ0) is 19.3. The van der Waals surface area contributed by atoms with Gasteiger partial charge in [-0.3, -0.25) is 9.78 Å². The molecule has 2 aromatic carbocycles. The molecule has 1 atom stereocenters. The number of hydrogen-bond donors (Lipinski definition) is 0. The van der Waals surface area contributed by atoms with Crippen LogP contribution in [0.2, 0.25) is 0 Å². The lowest BCUT2D eigenvalue weighted by atomic mass is 10.1. The van der Waals surface area contributed by atoms with Crippen molar-refractivity contribution < 1.29 is 13.9 Å². The maximum Gasteiger partial charge on any atom is 0.199 e. The molecule has 0 aliphatic carbocycles. The number of nitrogens with zero attached hydrogens (tertiary/aromatic N) is 1. The number of pyridine rings is 1. The number of Topliss-reactive ketones (excluding diaryl/α,β-unsaturated/α-hetero) is 1. The largest absolute Gasteiger partial charge is 0.497 e. The van der Waals surface area contributed by atoms with E-state index in [0.717, 1.165) is 27.1 Å². The Kier molecular flexibility index (Phi) is 5.44. The molecule has 2 aromatic heterocycles. The van der Waals surface area contributed by atoms with Crippen LogP contribution < -0.4 is 4.74 Å². The van der Waals surface area contributed by atoms with E-state index in [9.17, 15) is 4.79 Å². The van der Waals surface area contributed by atoms with E-state index in [0.29, 0.717) is 12.2 Å². The predicted octanol–water partition coefficient (Wildman–Crippen LogP) is 5.94. The third-order valence-electron chi connectivity index (χ3n) is 4.52. The van der Waals surface area contributed by atoms with Crippen molar-refractivity contribution in [1.82, 2.24) is 4.98 Å². The summed E-state index contributed by atoms with van der Waals surface area (Å²) in [6.45, 7) is 0. The van der Waals surface area contributed by atoms with Crippen LogP contribution in [0.1, 0.15) is 27.8 Å². The lowest BCUT2D eigenvalue weighted by Crippen LogP contribution is -2.05. The van der Waals surface area contributed by atoms with Crippen LogP contribution in [-0.4, -0.2) is 17.9 Å². The molecule has 0 saturated carbocycles. The van der Waals surface area contributed by atoms with Gasteiger partial charge in [0, 0.05) is 28.1 Å². The monoisotopic (exact) mass is 389 g/mol. The van der Waals surface area contributed by atoms with Gasteiger partial charge in [0.15, 0.2) is 11.5 Å². The molecule has 0 spiro atoms. The highest BCUT2D eigenvalue weighted by molar-refractivity contribution is 7.99. The lowest BCUT2D eigenvalue weighted by molar-refractivity contribution is 0.0955. The molecule has 0 radical (unpaired) electrons. The molecule has 1 unspecified atom stereocenters. The van der Waals surface area contributed by atoms with Crippen LogP contribution in [0.4, 0.5) is 0 Å². The number of ketones is 1. The minimum Gasteiger partial charge on any atom is -0.497 e. The first-order chi connectivity index (χ1) is 13.7. The smallest absolute Gasteiger partial charge is 0.199 e. The Morgan fingerprint density at radius 2 is 1.89 bits per heavy atom. The highest BCUT2D eigenvalue weighted by atomic mass is 32.2. The van der Waals surface area contributed by atoms with Crippen LogP contribution >= 0.6 is 11.8 Å². The fourth-order valence-corrected chi connectivity index (χ4v) is 4.35. The Morgan fingerprint density at radius 1 is 1.07 bits per heavy atom. The van der Waals surface area contributed by atoms with Gasteiger partial charge in [-0.05, 0) is 42.0 Å². The average Bonchev–Trinajstić information content (AvgIpc) is 3.29. The van der Waals surface area contributed by atoms with Gasteiger partial charge in [0.1, 0.15) is 5.75 Å². The normalized spacial score (nSPS) is 12.0. The SMILES string of the molecule is COc1ccc(C(CC(=O)c2ccco2)Sc2cccc3cccnc23)cc1. The first-order valence-electron chi connectivity index (χ1n) is 8.95. The Hall–Kier alpha value is -3.05. The van der Waals surface area contributed by atoms with E-state index in [1.54, 1.807) is 37.2 Å². The number of carbonyl (C=O) groups excluding carboxylic acids is 1. The van der Waals surface area contributed by atoms with Gasteiger partial charge in [-0.2, -0.15) is 0 Å². The van der Waals surface area contributed by atoms with Crippen molar-refractivity contribution in [2.45, 2.75) is 16.6 Å². The van der Waals surface area contributed by atoms with Crippen LogP contribution in [0.15, 0.2) is 88.5 Å². The summed E-state index contributed by atoms with van der Waals surface area (Å²) in [7, 11) is 1.64. The van der Waals surface area contributed by atoms with Crippen molar-refractivity contribution >= 4 is 28.4 Å². The summed E-state index contributed by atoms with van der Waals surface area (Å²) in [5.41, 5.74) is 2.00. The molecule has 4 aromatic rings. The number of hydrogen-bond acceptors (Lipinski definition) is 5. The first kappa shape index (κ1) is 18.3. The summed E-state index contributed by atoms with van der Waals surface area (Å²) < 4.78 is 10.6. The number of rotatable bonds is 7. The Balaban J connectivity index is 1.68. The van der Waals surface area contributed by atoms with Crippen LogP contribution in [0.3, 0.4) is 0 Å². The van der Waals surface area contributed by atoms with Gasteiger partial charge >= 0.3 is 0 Å². The maximum atomic E-state index is 12.7. The number of carbonyl (C=O) groups is 1. The van der Waals surface area contributed by atoms with Gasteiger partial charge in [-0.15, -0.1) is 11.8 Å². The summed E-state index contributed by atoms with van der Waals surface area (Å²) in [4.78, 5) is 18.3. The third kappa shape index (κ3) is 3.94. The number of furan rings is 1. The third-order valence-corrected chi connectivity index (χ3v) is 5.83. The fourth-order valence-electron chi connectivity index (χ4n) is 3.08. The molecule has 0 saturated heterocycles. The number of para-hydroxylation sites is 1. The Labute approximate surface area is 167 Å². The summed E-state index contributed by atoms with van der Waals surface area (Å²) in [6.07, 6.45) is 3.65. The number of ether oxygens (including phenoxy) is 1. The molecule has 0 amide bonds. The molecule has 0 aliphatic rings. The van der Waals surface area contributed by atoms with Gasteiger partial charge in [-0.25, -0.2) is 0 Å². The molecule has 2 heterocycles. The topological polar surface area (TPSA) is 52.3 Å². The van der Waals surface area contributed by atoms with E-state index in [4.69, 9.17) is 9.15 Å². The Bertz CT molecular complexity index is 1070. The average molecular weight is 389 g/mol. The van der Waals surface area contributed by atoms with Crippen molar-refractivity contribution in [3.05, 3.63) is 90.5 Å². The standard InChI is InChI=1S/C23H19NO3S/c1-26-18-11-9-16(10-12-18)22(15-19(25)20-7-4-14-27-20)28-21-8-2-5-17-6-3-13-24-23(17)21/h2-14,22H,15H2,1H3. The second-order valence-electron chi connectivity index (χ2n) is 6.32. The molecule has 5 heteroatoms. The number of benzene rings is 2. The quantitative estimate of drug-likeness (QED) is 0.289. The van der Waals surface area contributed by atoms with Crippen molar-refractivity contribution in [2.24, 2.45) is 0 Å². The second-order valence-corrected chi connectivity index (χ2v) is 7.56. The number of fused-ring (bicyclic) bond motifs is 1. The minimum atomic E-state index is -0.0730. The molecular weight excluding hydrogens is 370 g/mol. The van der Waals surface area contributed by atoms with Crippen LogP contribution in [0.5, 0.6) is 5.75 Å². The van der Waals surface area contributed by atoms with Crippen molar-refractivity contribution in [3.63, 3.8) is 0 Å². The van der Waals surface area contributed by atoms with Gasteiger partial charge in [0.25, 0.3) is 0 Å². The van der Waals surface area contributed by atoms with E-state index in [-0.39, 0.29) is 11.0 Å². The zero-order valence-corrected chi connectivity index (χ0v) is 16.2. The summed E-state index contributed by atoms with van der Waals surface area (Å²) in [5.74, 6) is 1.15. The van der Waals surface area contributed by atoms with Gasteiger partial charge in [-0.1, -0.05) is 30.3 Å². The van der Waals surface area contributed by atoms with E-state index in [2.05, 4.69) is 4.98 Å². The van der Waals surface area contributed by atoms with Crippen molar-refractivity contribution in [2.75, 3.05) is 7.11 Å². The van der Waals surface area contributed by atoms with E-state index in [1.807, 2.05) is 54.6 Å². The Morgan fingerprint density at radius 3 is 2.64 bits per heavy atom. The molecule has 0 fully saturated rings. The van der Waals surface area contributed by atoms with Gasteiger partial charge in [0.05, 0.1) is 18.9 Å². The van der Waals surface area contributed by atoms with Gasteiger partial charge < -0.3 is 9.15 Å². The number of methoxy groups -OCH3 is 1. The van der Waals surface area contributed by atoms with E-state index in [1.165, 1.54) is 6.26 Å². The molecule has 4 rings (SSSR count). The summed E-state index contributed by atoms with van der Waals surface area (Å²) >= 11 is 1.64. The van der Waals surface area contributed by atoms with Crippen LogP contribution in [0, 0.1) is 0 Å². The zero-order valence-electron chi connectivity index (χ0n) is 15.4. The van der Waals surface area contributed by atoms with Crippen molar-refractivity contribution in [1.29, 1.82) is 0 Å². The van der Waals surface area contributed by atoms with Gasteiger partial charge in [0.2, 0.25) is 0 Å². The molecule has 0 N–H and O–H groups in total. The molecule has 140 valence electrons. The highest BCUT2D eigenvalue weighted by Crippen LogP contribution is 2.41. The van der Waals surface area contributed by atoms with E-state index < -0.39 is 0 Å². The second kappa shape index (κ2) is 8.31. The first-order valence-corrected chi connectivity index (χ1v) is 9.83. The minimum absolute atomic E-state index is 0.0217. The van der Waals surface area contributed by atoms with E-state index >= 15 is 0 Å². The molecule has 0 aliphatic heterocycles. The maximum absolute atomic E-state index is 12.7. The molecule has 28 heavy (non-hydrogen) atoms.